The largest absolute Gasteiger partial charge is 0.553 e. The quantitative estimate of drug-likeness (QED) is 0.209. The average Bonchev–Trinajstić information content (AvgIpc) is 3.83. The summed E-state index contributed by atoms with van der Waals surface area (Å²) >= 11 is 0. The number of rotatable bonds is 7. The van der Waals surface area contributed by atoms with E-state index in [4.69, 9.17) is 0 Å². The van der Waals surface area contributed by atoms with Gasteiger partial charge in [0.2, 0.25) is 5.91 Å². The summed E-state index contributed by atoms with van der Waals surface area (Å²) in [6.45, 7) is 4.86. The van der Waals surface area contributed by atoms with Gasteiger partial charge in [0.05, 0.1) is 18.4 Å². The Labute approximate surface area is 275 Å². The number of hydrogen-bond donors (Lipinski definition) is 1. The van der Waals surface area contributed by atoms with Gasteiger partial charge in [-0.3, -0.25) is 19.1 Å². The van der Waals surface area contributed by atoms with Crippen molar-refractivity contribution in [2.24, 2.45) is 0 Å². The summed E-state index contributed by atoms with van der Waals surface area (Å²) in [5, 5.41) is 12.0. The highest BCUT2D eigenvalue weighted by atomic mass is 16.1. The highest BCUT2D eigenvalue weighted by molar-refractivity contribution is 6.40. The molecule has 0 bridgehead atoms. The van der Waals surface area contributed by atoms with Gasteiger partial charge >= 0.3 is 7.55 Å². The van der Waals surface area contributed by atoms with Crippen LogP contribution in [0.25, 0.3) is 11.4 Å². The normalized spacial score (nSPS) is 16.6. The molecule has 5 heterocycles. The van der Waals surface area contributed by atoms with E-state index in [0.29, 0.717) is 6.54 Å². The first-order valence-corrected chi connectivity index (χ1v) is 16.0. The fraction of sp³-hybridized carbons (Fsp3) is 0.189. The molecule has 0 aliphatic carbocycles. The summed E-state index contributed by atoms with van der Waals surface area (Å²) in [4.78, 5) is 16.2. The molecule has 1 amide bonds. The second-order valence-electron chi connectivity index (χ2n) is 12.4. The number of fused-ring (bicyclic) bond motifs is 3. The standard InChI is InChI=1S/C37H34BN8O/c1-26(47)39-31-14-12-29(13-15-31)37-33-16-18-35(43-21-20-28-10-6-7-11-30(28)23-43)45(33)38-46-34(37)17-19-36(46)44-25-32(40-41-44)24-42(2)22-27-8-4-3-5-9-27/h3-19,25H,20-24H2,1-2H3/p+1. The number of amides is 1. The molecular weight excluding hydrogens is 583 g/mol. The van der Waals surface area contributed by atoms with Gasteiger partial charge in [0.25, 0.3) is 5.84 Å². The van der Waals surface area contributed by atoms with Gasteiger partial charge in [0, 0.05) is 49.5 Å². The lowest BCUT2D eigenvalue weighted by atomic mass is 9.91. The highest BCUT2D eigenvalue weighted by Crippen LogP contribution is 2.37. The van der Waals surface area contributed by atoms with Gasteiger partial charge in [-0.2, -0.15) is 0 Å². The van der Waals surface area contributed by atoms with E-state index >= 15 is 0 Å². The molecule has 231 valence electrons. The van der Waals surface area contributed by atoms with E-state index in [-0.39, 0.29) is 5.91 Å². The van der Waals surface area contributed by atoms with Crippen molar-refractivity contribution in [3.8, 4) is 5.82 Å². The molecule has 1 radical (unpaired) electrons. The van der Waals surface area contributed by atoms with E-state index < -0.39 is 0 Å². The van der Waals surface area contributed by atoms with Crippen molar-refractivity contribution in [3.05, 3.63) is 149 Å². The third-order valence-electron chi connectivity index (χ3n) is 8.99. The Morgan fingerprint density at radius 1 is 0.936 bits per heavy atom. The van der Waals surface area contributed by atoms with E-state index in [1.807, 2.05) is 29.1 Å². The van der Waals surface area contributed by atoms with Crippen LogP contribution in [0.2, 0.25) is 0 Å². The Kier molecular flexibility index (Phi) is 7.42. The molecule has 0 saturated heterocycles. The maximum absolute atomic E-state index is 11.7. The number of nitrogens with zero attached hydrogens (tertiary/aromatic N) is 7. The van der Waals surface area contributed by atoms with Crippen molar-refractivity contribution in [2.45, 2.75) is 33.0 Å². The molecule has 0 saturated carbocycles. The number of hydrogen-bond acceptors (Lipinski definition) is 4. The topological polar surface area (TPSA) is 74.2 Å². The molecule has 5 aromatic rings. The lowest BCUT2D eigenvalue weighted by Crippen LogP contribution is -2.43. The van der Waals surface area contributed by atoms with Gasteiger partial charge in [-0.15, -0.1) is 5.10 Å². The number of amidine groups is 1. The number of allylic oxidation sites excluding steroid dienone is 1. The molecule has 0 unspecified atom stereocenters. The number of carbonyl (C=O) groups is 1. The van der Waals surface area contributed by atoms with Crippen LogP contribution in [0.5, 0.6) is 0 Å². The zero-order valence-corrected chi connectivity index (χ0v) is 26.5. The van der Waals surface area contributed by atoms with Crippen molar-refractivity contribution >= 4 is 30.6 Å². The second kappa shape index (κ2) is 12.0. The van der Waals surface area contributed by atoms with Gasteiger partial charge < -0.3 is 9.79 Å². The Hall–Kier alpha value is -5.48. The smallest absolute Gasteiger partial charge is 0.329 e. The molecule has 0 fully saturated rings. The number of aromatic nitrogens is 4. The summed E-state index contributed by atoms with van der Waals surface area (Å²) in [7, 11) is 4.28. The van der Waals surface area contributed by atoms with Crippen LogP contribution in [-0.4, -0.2) is 66.6 Å². The Morgan fingerprint density at radius 2 is 1.72 bits per heavy atom. The first kappa shape index (κ1) is 29.0. The van der Waals surface area contributed by atoms with Crippen molar-refractivity contribution in [1.29, 1.82) is 0 Å². The van der Waals surface area contributed by atoms with Crippen molar-refractivity contribution < 1.29 is 9.37 Å². The molecule has 3 aromatic carbocycles. The lowest BCUT2D eigenvalue weighted by Gasteiger charge is -2.27. The molecule has 10 heteroatoms. The van der Waals surface area contributed by atoms with Crippen LogP contribution in [0.1, 0.15) is 40.6 Å². The van der Waals surface area contributed by atoms with Crippen molar-refractivity contribution in [1.82, 2.24) is 29.2 Å². The van der Waals surface area contributed by atoms with E-state index in [2.05, 4.69) is 134 Å². The Morgan fingerprint density at radius 3 is 2.53 bits per heavy atom. The van der Waals surface area contributed by atoms with Gasteiger partial charge in [0.15, 0.2) is 0 Å². The molecule has 3 aliphatic rings. The monoisotopic (exact) mass is 618 g/mol. The van der Waals surface area contributed by atoms with E-state index in [1.165, 1.54) is 23.6 Å². The number of carbonyl (C=O) groups excluding carboxylic acids is 1. The van der Waals surface area contributed by atoms with E-state index in [9.17, 15) is 4.79 Å². The molecule has 1 N–H and O–H groups in total. The molecule has 0 atom stereocenters. The highest BCUT2D eigenvalue weighted by Gasteiger charge is 2.41. The maximum atomic E-state index is 11.7. The van der Waals surface area contributed by atoms with Gasteiger partial charge in [0.1, 0.15) is 18.1 Å². The molecule has 2 aromatic heterocycles. The zero-order valence-electron chi connectivity index (χ0n) is 26.5. The lowest BCUT2D eigenvalue weighted by molar-refractivity contribution is -0.550. The van der Waals surface area contributed by atoms with Crippen molar-refractivity contribution in [3.63, 3.8) is 0 Å². The van der Waals surface area contributed by atoms with Gasteiger partial charge in [-0.05, 0) is 59.6 Å². The molecule has 9 nitrogen and oxygen atoms in total. The van der Waals surface area contributed by atoms with Crippen molar-refractivity contribution in [2.75, 3.05) is 18.9 Å². The summed E-state index contributed by atoms with van der Waals surface area (Å²) in [5.41, 5.74) is 10.1. The first-order valence-electron chi connectivity index (χ1n) is 16.0. The fourth-order valence-corrected chi connectivity index (χ4v) is 6.84. The predicted octanol–water partition coefficient (Wildman–Crippen LogP) is 4.85. The van der Waals surface area contributed by atoms with E-state index in [0.717, 1.165) is 71.6 Å². The molecule has 47 heavy (non-hydrogen) atoms. The predicted molar refractivity (Wildman–Crippen MR) is 184 cm³/mol. The summed E-state index contributed by atoms with van der Waals surface area (Å²) < 4.78 is 6.54. The fourth-order valence-electron chi connectivity index (χ4n) is 6.84. The summed E-state index contributed by atoms with van der Waals surface area (Å²) in [5.74, 6) is 1.97. The van der Waals surface area contributed by atoms with Gasteiger partial charge in [-0.25, -0.2) is 4.68 Å². The van der Waals surface area contributed by atoms with Crippen LogP contribution < -0.4 is 5.32 Å². The Balaban J connectivity index is 1.15. The zero-order chi connectivity index (χ0) is 31.9. The maximum Gasteiger partial charge on any atom is 0.553 e. The van der Waals surface area contributed by atoms with Crippen LogP contribution in [-0.2, 0) is 30.8 Å². The second-order valence-corrected chi connectivity index (χ2v) is 12.4. The number of nitrogens with one attached hydrogen (secondary N) is 1. The van der Waals surface area contributed by atoms with Crippen LogP contribution >= 0.6 is 0 Å². The first-order chi connectivity index (χ1) is 23.0. The molecule has 3 aliphatic heterocycles. The average molecular weight is 619 g/mol. The summed E-state index contributed by atoms with van der Waals surface area (Å²) in [6.07, 6.45) is 7.48. The minimum Gasteiger partial charge on any atom is -0.329 e. The number of anilines is 1. The molecule has 0 spiro atoms. The third-order valence-corrected chi connectivity index (χ3v) is 8.99. The summed E-state index contributed by atoms with van der Waals surface area (Å²) in [6, 6.07) is 31.5. The third kappa shape index (κ3) is 5.61. The minimum atomic E-state index is -0.0868. The van der Waals surface area contributed by atoms with Gasteiger partial charge in [-0.1, -0.05) is 71.9 Å². The van der Waals surface area contributed by atoms with Crippen LogP contribution in [0.15, 0.2) is 115 Å². The van der Waals surface area contributed by atoms with Crippen LogP contribution in [0, 0.1) is 0 Å². The Bertz CT molecular complexity index is 2070. The molecular formula is C37H35BN8O+. The minimum absolute atomic E-state index is 0.0868. The molecule has 8 rings (SSSR count). The SMILES string of the molecule is CC(=O)Nc1ccc(C2=C3C=CC(=[N+]4CCc5ccccc5C4)N3[B]n3c2ccc3-n2cc(CN(C)Cc3ccccc3)nn2)cc1. The number of benzene rings is 3. The van der Waals surface area contributed by atoms with Crippen LogP contribution in [0.3, 0.4) is 0 Å². The van der Waals surface area contributed by atoms with E-state index in [1.54, 1.807) is 0 Å². The van der Waals surface area contributed by atoms with Crippen LogP contribution in [0.4, 0.5) is 5.69 Å².